The molecule has 2 aromatic carbocycles. The summed E-state index contributed by atoms with van der Waals surface area (Å²) in [6.45, 7) is 0. The summed E-state index contributed by atoms with van der Waals surface area (Å²) in [5, 5.41) is 4.29. The maximum Gasteiger partial charge on any atom is 0.339 e. The van der Waals surface area contributed by atoms with Gasteiger partial charge in [0.05, 0.1) is 5.56 Å². The molecule has 0 aromatic heterocycles. The number of carbonyl (C=O) groups excluding carboxylic acids is 3. The molecule has 0 heterocycles. The second-order valence-electron chi connectivity index (χ2n) is 4.77. The topological polar surface area (TPSA) is 84.5 Å². The molecule has 0 fully saturated rings. The van der Waals surface area contributed by atoms with Crippen molar-refractivity contribution in [3.63, 3.8) is 0 Å². The minimum absolute atomic E-state index is 0.0383. The van der Waals surface area contributed by atoms with E-state index < -0.39 is 29.8 Å². The van der Waals surface area contributed by atoms with E-state index >= 15 is 0 Å². The fourth-order valence-corrected chi connectivity index (χ4v) is 1.93. The summed E-state index contributed by atoms with van der Waals surface area (Å²) in [6, 6.07) is 12.4. The third-order valence-corrected chi connectivity index (χ3v) is 3.09. The molecule has 0 bridgehead atoms. The zero-order valence-corrected chi connectivity index (χ0v) is 12.8. The average molecular weight is 330 g/mol. The molecule has 2 aromatic rings. The second kappa shape index (κ2) is 7.87. The number of ether oxygens (including phenoxy) is 1. The molecule has 0 saturated heterocycles. The van der Waals surface area contributed by atoms with Crippen LogP contribution in [0.5, 0.6) is 0 Å². The summed E-state index contributed by atoms with van der Waals surface area (Å²) >= 11 is 0. The number of benzene rings is 2. The summed E-state index contributed by atoms with van der Waals surface area (Å²) in [5.41, 5.74) is 0.340. The van der Waals surface area contributed by atoms with Crippen LogP contribution in [0.15, 0.2) is 54.6 Å². The number of rotatable bonds is 4. The van der Waals surface area contributed by atoms with Gasteiger partial charge in [0.1, 0.15) is 5.82 Å². The molecule has 0 unspecified atom stereocenters. The van der Waals surface area contributed by atoms with Crippen molar-refractivity contribution in [1.29, 1.82) is 0 Å². The number of amides is 3. The molecule has 2 N–H and O–H groups in total. The molecule has 0 aliphatic heterocycles. The molecule has 0 radical (unpaired) electrons. The number of esters is 1. The standard InChI is InChI=1S/C17H15FN2O4/c1-19-17(23)20-15(21)14(11-6-3-2-4-7-11)24-16(22)12-8-5-9-13(18)10-12/h2-10,14H,1H3,(H2,19,20,21,23)/t14-/m1/s1. The van der Waals surface area contributed by atoms with Crippen molar-refractivity contribution in [2.75, 3.05) is 7.05 Å². The molecule has 1 atom stereocenters. The van der Waals surface area contributed by atoms with Crippen LogP contribution < -0.4 is 10.6 Å². The highest BCUT2D eigenvalue weighted by molar-refractivity contribution is 5.99. The van der Waals surface area contributed by atoms with E-state index in [4.69, 9.17) is 4.74 Å². The van der Waals surface area contributed by atoms with Gasteiger partial charge in [-0.1, -0.05) is 36.4 Å². The van der Waals surface area contributed by atoms with Gasteiger partial charge in [-0.05, 0) is 18.2 Å². The Labute approximate surface area is 137 Å². The number of carbonyl (C=O) groups is 3. The Morgan fingerprint density at radius 3 is 2.38 bits per heavy atom. The first kappa shape index (κ1) is 17.1. The summed E-state index contributed by atoms with van der Waals surface area (Å²) < 4.78 is 18.4. The fourth-order valence-electron chi connectivity index (χ4n) is 1.93. The van der Waals surface area contributed by atoms with E-state index in [1.165, 1.54) is 25.2 Å². The Morgan fingerprint density at radius 2 is 1.75 bits per heavy atom. The lowest BCUT2D eigenvalue weighted by molar-refractivity contribution is -0.129. The van der Waals surface area contributed by atoms with Gasteiger partial charge >= 0.3 is 12.0 Å². The molecule has 7 heteroatoms. The van der Waals surface area contributed by atoms with Gasteiger partial charge in [0, 0.05) is 12.6 Å². The normalized spacial score (nSPS) is 11.2. The van der Waals surface area contributed by atoms with Crippen molar-refractivity contribution < 1.29 is 23.5 Å². The quantitative estimate of drug-likeness (QED) is 0.842. The smallest absolute Gasteiger partial charge is 0.339 e. The molecule has 0 saturated carbocycles. The van der Waals surface area contributed by atoms with E-state index in [0.29, 0.717) is 5.56 Å². The molecule has 0 aliphatic carbocycles. The first-order chi connectivity index (χ1) is 11.5. The fraction of sp³-hybridized carbons (Fsp3) is 0.118. The predicted octanol–water partition coefficient (Wildman–Crippen LogP) is 2.18. The minimum Gasteiger partial charge on any atom is -0.444 e. The molecular formula is C17H15FN2O4. The van der Waals surface area contributed by atoms with Gasteiger partial charge in [0.15, 0.2) is 0 Å². The third kappa shape index (κ3) is 4.39. The lowest BCUT2D eigenvalue weighted by Gasteiger charge is -2.17. The van der Waals surface area contributed by atoms with E-state index in [2.05, 4.69) is 10.6 Å². The minimum atomic E-state index is -1.35. The number of nitrogens with one attached hydrogen (secondary N) is 2. The van der Waals surface area contributed by atoms with E-state index in [9.17, 15) is 18.8 Å². The largest absolute Gasteiger partial charge is 0.444 e. The Hall–Kier alpha value is -3.22. The molecule has 124 valence electrons. The summed E-state index contributed by atoms with van der Waals surface area (Å²) in [6.07, 6.45) is -1.35. The summed E-state index contributed by atoms with van der Waals surface area (Å²) in [5.74, 6) is -2.30. The van der Waals surface area contributed by atoms with Gasteiger partial charge in [-0.25, -0.2) is 14.0 Å². The van der Waals surface area contributed by atoms with E-state index in [1.54, 1.807) is 30.3 Å². The lowest BCUT2D eigenvalue weighted by atomic mass is 10.1. The van der Waals surface area contributed by atoms with Crippen LogP contribution in [0, 0.1) is 5.82 Å². The van der Waals surface area contributed by atoms with Crippen LogP contribution >= 0.6 is 0 Å². The number of hydrogen-bond donors (Lipinski definition) is 2. The van der Waals surface area contributed by atoms with Crippen molar-refractivity contribution in [2.45, 2.75) is 6.10 Å². The van der Waals surface area contributed by atoms with Crippen molar-refractivity contribution in [1.82, 2.24) is 10.6 Å². The zero-order chi connectivity index (χ0) is 17.5. The molecule has 6 nitrogen and oxygen atoms in total. The lowest BCUT2D eigenvalue weighted by Crippen LogP contribution is -2.41. The molecule has 2 rings (SSSR count). The van der Waals surface area contributed by atoms with Crippen LogP contribution in [0.25, 0.3) is 0 Å². The van der Waals surface area contributed by atoms with Crippen LogP contribution in [0.1, 0.15) is 22.0 Å². The number of hydrogen-bond acceptors (Lipinski definition) is 4. The van der Waals surface area contributed by atoms with Crippen LogP contribution in [-0.2, 0) is 9.53 Å². The highest BCUT2D eigenvalue weighted by atomic mass is 19.1. The molecule has 24 heavy (non-hydrogen) atoms. The Morgan fingerprint density at radius 1 is 1.04 bits per heavy atom. The number of imide groups is 1. The van der Waals surface area contributed by atoms with E-state index in [0.717, 1.165) is 6.07 Å². The van der Waals surface area contributed by atoms with E-state index in [-0.39, 0.29) is 5.56 Å². The van der Waals surface area contributed by atoms with Crippen LogP contribution in [0.2, 0.25) is 0 Å². The van der Waals surface area contributed by atoms with Gasteiger partial charge in [-0.3, -0.25) is 10.1 Å². The molecule has 3 amide bonds. The maximum absolute atomic E-state index is 13.2. The van der Waals surface area contributed by atoms with Crippen LogP contribution in [0.3, 0.4) is 0 Å². The predicted molar refractivity (Wildman–Crippen MR) is 83.6 cm³/mol. The summed E-state index contributed by atoms with van der Waals surface area (Å²) in [4.78, 5) is 35.7. The van der Waals surface area contributed by atoms with Gasteiger partial charge in [0.2, 0.25) is 6.10 Å². The molecule has 0 aliphatic rings. The summed E-state index contributed by atoms with van der Waals surface area (Å²) in [7, 11) is 1.35. The monoisotopic (exact) mass is 330 g/mol. The number of urea groups is 1. The highest BCUT2D eigenvalue weighted by Gasteiger charge is 2.27. The van der Waals surface area contributed by atoms with Crippen molar-refractivity contribution in [2.24, 2.45) is 0 Å². The zero-order valence-electron chi connectivity index (χ0n) is 12.8. The van der Waals surface area contributed by atoms with Crippen LogP contribution in [-0.4, -0.2) is 25.0 Å². The maximum atomic E-state index is 13.2. The molecule has 0 spiro atoms. The van der Waals surface area contributed by atoms with Crippen molar-refractivity contribution >= 4 is 17.9 Å². The molecular weight excluding hydrogens is 315 g/mol. The highest BCUT2D eigenvalue weighted by Crippen LogP contribution is 2.20. The van der Waals surface area contributed by atoms with Gasteiger partial charge in [-0.2, -0.15) is 0 Å². The van der Waals surface area contributed by atoms with Gasteiger partial charge in [0.25, 0.3) is 5.91 Å². The van der Waals surface area contributed by atoms with Crippen LogP contribution in [0.4, 0.5) is 9.18 Å². The third-order valence-electron chi connectivity index (χ3n) is 3.09. The Balaban J connectivity index is 2.24. The van der Waals surface area contributed by atoms with Crippen molar-refractivity contribution in [3.05, 3.63) is 71.5 Å². The first-order valence-electron chi connectivity index (χ1n) is 7.05. The Bertz CT molecular complexity index is 749. The number of halogens is 1. The average Bonchev–Trinajstić information content (AvgIpc) is 2.59. The SMILES string of the molecule is CNC(=O)NC(=O)[C@H](OC(=O)c1cccc(F)c1)c1ccccc1. The first-order valence-corrected chi connectivity index (χ1v) is 7.05. The Kier molecular flexibility index (Phi) is 5.62. The van der Waals surface area contributed by atoms with E-state index in [1.807, 2.05) is 0 Å². The van der Waals surface area contributed by atoms with Gasteiger partial charge in [-0.15, -0.1) is 0 Å². The van der Waals surface area contributed by atoms with Gasteiger partial charge < -0.3 is 10.1 Å². The van der Waals surface area contributed by atoms with Crippen molar-refractivity contribution in [3.8, 4) is 0 Å². The second-order valence-corrected chi connectivity index (χ2v) is 4.77.